The van der Waals surface area contributed by atoms with Crippen molar-refractivity contribution in [3.8, 4) is 0 Å². The van der Waals surface area contributed by atoms with E-state index in [9.17, 15) is 4.79 Å². The minimum absolute atomic E-state index is 0.0710. The molecule has 1 heterocycles. The molecule has 0 unspecified atom stereocenters. The van der Waals surface area contributed by atoms with Crippen molar-refractivity contribution in [2.45, 2.75) is 40.2 Å². The summed E-state index contributed by atoms with van der Waals surface area (Å²) in [6, 6.07) is 0.0710. The van der Waals surface area contributed by atoms with Gasteiger partial charge in [-0.15, -0.1) is 0 Å². The summed E-state index contributed by atoms with van der Waals surface area (Å²) in [7, 11) is 0. The molecule has 100 valence electrons. The molecule has 4 nitrogen and oxygen atoms in total. The molecular weight excluding hydrogens is 214 g/mol. The van der Waals surface area contributed by atoms with Crippen molar-refractivity contribution in [2.24, 2.45) is 5.92 Å². The third kappa shape index (κ3) is 5.39. The monoisotopic (exact) mass is 241 g/mol. The number of hydrogen-bond donors (Lipinski definition) is 1. The molecule has 0 aromatic carbocycles. The van der Waals surface area contributed by atoms with Gasteiger partial charge in [-0.2, -0.15) is 0 Å². The number of hydrogen-bond acceptors (Lipinski definition) is 2. The fraction of sp³-hybridized carbons (Fsp3) is 0.923. The molecule has 0 bridgehead atoms. The van der Waals surface area contributed by atoms with Crippen LogP contribution in [-0.4, -0.2) is 54.1 Å². The van der Waals surface area contributed by atoms with E-state index in [0.717, 1.165) is 32.7 Å². The number of rotatable bonds is 2. The maximum Gasteiger partial charge on any atom is 0.317 e. The van der Waals surface area contributed by atoms with E-state index in [1.54, 1.807) is 0 Å². The Morgan fingerprint density at radius 2 is 1.71 bits per heavy atom. The van der Waals surface area contributed by atoms with E-state index in [0.29, 0.717) is 5.92 Å². The summed E-state index contributed by atoms with van der Waals surface area (Å²) < 4.78 is 0. The molecule has 1 saturated heterocycles. The van der Waals surface area contributed by atoms with E-state index in [-0.39, 0.29) is 11.6 Å². The minimum Gasteiger partial charge on any atom is -0.333 e. The number of carbonyl (C=O) groups is 1. The molecule has 0 aromatic heterocycles. The van der Waals surface area contributed by atoms with E-state index in [1.165, 1.54) is 0 Å². The molecule has 0 radical (unpaired) electrons. The maximum absolute atomic E-state index is 11.9. The molecule has 17 heavy (non-hydrogen) atoms. The van der Waals surface area contributed by atoms with Crippen LogP contribution in [0.5, 0.6) is 0 Å². The van der Waals surface area contributed by atoms with Crippen molar-refractivity contribution in [3.63, 3.8) is 0 Å². The Kier molecular flexibility index (Phi) is 4.80. The lowest BCUT2D eigenvalue weighted by Crippen LogP contribution is -2.55. The first-order chi connectivity index (χ1) is 7.78. The predicted molar refractivity (Wildman–Crippen MR) is 71.1 cm³/mol. The van der Waals surface area contributed by atoms with Gasteiger partial charge in [0.05, 0.1) is 0 Å². The van der Waals surface area contributed by atoms with Crippen molar-refractivity contribution in [1.82, 2.24) is 15.1 Å². The largest absolute Gasteiger partial charge is 0.333 e. The van der Waals surface area contributed by atoms with Crippen LogP contribution in [0.4, 0.5) is 4.79 Å². The molecule has 0 spiro atoms. The van der Waals surface area contributed by atoms with Gasteiger partial charge in [0.2, 0.25) is 0 Å². The molecular formula is C13H27N3O. The van der Waals surface area contributed by atoms with Gasteiger partial charge in [-0.25, -0.2) is 4.79 Å². The van der Waals surface area contributed by atoms with Crippen LogP contribution in [0.3, 0.4) is 0 Å². The minimum atomic E-state index is -0.147. The summed E-state index contributed by atoms with van der Waals surface area (Å²) >= 11 is 0. The molecule has 0 atom stereocenters. The summed E-state index contributed by atoms with van der Waals surface area (Å²) in [5, 5.41) is 3.01. The Hall–Kier alpha value is -0.770. The Morgan fingerprint density at radius 1 is 1.18 bits per heavy atom. The molecule has 4 heteroatoms. The Balaban J connectivity index is 2.34. The molecule has 0 aliphatic carbocycles. The van der Waals surface area contributed by atoms with Crippen molar-refractivity contribution >= 4 is 6.03 Å². The van der Waals surface area contributed by atoms with Crippen LogP contribution in [-0.2, 0) is 0 Å². The molecule has 1 aliphatic rings. The number of amides is 2. The average Bonchev–Trinajstić information content (AvgIpc) is 2.15. The van der Waals surface area contributed by atoms with Gasteiger partial charge in [-0.05, 0) is 26.7 Å². The van der Waals surface area contributed by atoms with Crippen LogP contribution in [0.15, 0.2) is 0 Å². The first kappa shape index (κ1) is 14.3. The highest BCUT2D eigenvalue weighted by Crippen LogP contribution is 2.07. The zero-order chi connectivity index (χ0) is 13.1. The first-order valence-electron chi connectivity index (χ1n) is 6.57. The lowest BCUT2D eigenvalue weighted by atomic mass is 10.1. The summed E-state index contributed by atoms with van der Waals surface area (Å²) in [5.41, 5.74) is -0.147. The lowest BCUT2D eigenvalue weighted by Gasteiger charge is -2.36. The highest BCUT2D eigenvalue weighted by molar-refractivity contribution is 5.75. The molecule has 1 aliphatic heterocycles. The van der Waals surface area contributed by atoms with Gasteiger partial charge in [-0.3, -0.25) is 4.90 Å². The SMILES string of the molecule is CC(C)CN1CCN(C(=O)NC(C)(C)C)CC1. The Labute approximate surface area is 105 Å². The van der Waals surface area contributed by atoms with Crippen molar-refractivity contribution in [1.29, 1.82) is 0 Å². The van der Waals surface area contributed by atoms with Crippen LogP contribution >= 0.6 is 0 Å². The van der Waals surface area contributed by atoms with Gasteiger partial charge in [-0.1, -0.05) is 13.8 Å². The van der Waals surface area contributed by atoms with E-state index >= 15 is 0 Å². The van der Waals surface area contributed by atoms with Crippen molar-refractivity contribution in [3.05, 3.63) is 0 Å². The highest BCUT2D eigenvalue weighted by Gasteiger charge is 2.23. The number of nitrogens with zero attached hydrogens (tertiary/aromatic N) is 2. The molecule has 0 aromatic rings. The number of carbonyl (C=O) groups excluding carboxylic acids is 1. The van der Waals surface area contributed by atoms with Gasteiger partial charge in [0.15, 0.2) is 0 Å². The average molecular weight is 241 g/mol. The highest BCUT2D eigenvalue weighted by atomic mass is 16.2. The number of urea groups is 1. The van der Waals surface area contributed by atoms with Crippen molar-refractivity contribution in [2.75, 3.05) is 32.7 Å². The zero-order valence-corrected chi connectivity index (χ0v) is 11.9. The summed E-state index contributed by atoms with van der Waals surface area (Å²) in [5.74, 6) is 0.699. The zero-order valence-electron chi connectivity index (χ0n) is 11.9. The maximum atomic E-state index is 11.9. The van der Waals surface area contributed by atoms with Gasteiger partial charge >= 0.3 is 6.03 Å². The summed E-state index contributed by atoms with van der Waals surface area (Å²) in [4.78, 5) is 16.3. The summed E-state index contributed by atoms with van der Waals surface area (Å²) in [6.07, 6.45) is 0. The van der Waals surface area contributed by atoms with Gasteiger partial charge in [0.25, 0.3) is 0 Å². The van der Waals surface area contributed by atoms with E-state index in [1.807, 2.05) is 25.7 Å². The van der Waals surface area contributed by atoms with Crippen LogP contribution in [0.25, 0.3) is 0 Å². The smallest absolute Gasteiger partial charge is 0.317 e. The van der Waals surface area contributed by atoms with Crippen LogP contribution in [0.2, 0.25) is 0 Å². The topological polar surface area (TPSA) is 35.6 Å². The Morgan fingerprint density at radius 3 is 2.12 bits per heavy atom. The lowest BCUT2D eigenvalue weighted by molar-refractivity contribution is 0.127. The molecule has 0 saturated carbocycles. The van der Waals surface area contributed by atoms with E-state index in [2.05, 4.69) is 24.1 Å². The van der Waals surface area contributed by atoms with Crippen LogP contribution in [0, 0.1) is 5.92 Å². The number of piperazine rings is 1. The quantitative estimate of drug-likeness (QED) is 0.800. The van der Waals surface area contributed by atoms with Gasteiger partial charge in [0, 0.05) is 38.3 Å². The summed E-state index contributed by atoms with van der Waals surface area (Å²) in [6.45, 7) is 15.3. The second kappa shape index (κ2) is 5.71. The fourth-order valence-electron chi connectivity index (χ4n) is 2.05. The molecule has 1 rings (SSSR count). The third-order valence-electron chi connectivity index (χ3n) is 2.76. The van der Waals surface area contributed by atoms with Crippen LogP contribution < -0.4 is 5.32 Å². The standard InChI is InChI=1S/C13H27N3O/c1-11(2)10-15-6-8-16(9-7-15)12(17)14-13(3,4)5/h11H,6-10H2,1-5H3,(H,14,17). The van der Waals surface area contributed by atoms with E-state index in [4.69, 9.17) is 0 Å². The second-order valence-corrected chi connectivity index (χ2v) is 6.36. The van der Waals surface area contributed by atoms with Gasteiger partial charge < -0.3 is 10.2 Å². The fourth-order valence-corrected chi connectivity index (χ4v) is 2.05. The molecule has 1 fully saturated rings. The number of nitrogens with one attached hydrogen (secondary N) is 1. The molecule has 1 N–H and O–H groups in total. The predicted octanol–water partition coefficient (Wildman–Crippen LogP) is 1.77. The first-order valence-corrected chi connectivity index (χ1v) is 6.57. The Bertz CT molecular complexity index is 250. The normalized spacial score (nSPS) is 18.6. The second-order valence-electron chi connectivity index (χ2n) is 6.36. The third-order valence-corrected chi connectivity index (χ3v) is 2.76. The van der Waals surface area contributed by atoms with E-state index < -0.39 is 0 Å². The van der Waals surface area contributed by atoms with Gasteiger partial charge in [0.1, 0.15) is 0 Å². The van der Waals surface area contributed by atoms with Crippen LogP contribution in [0.1, 0.15) is 34.6 Å². The molecule has 2 amide bonds. The van der Waals surface area contributed by atoms with Crippen molar-refractivity contribution < 1.29 is 4.79 Å².